The Hall–Kier alpha value is -4.67. The van der Waals surface area contributed by atoms with E-state index < -0.39 is 5.78 Å². The van der Waals surface area contributed by atoms with Crippen LogP contribution >= 0.6 is 23.2 Å². The molecule has 41 heavy (non-hydrogen) atoms. The lowest BCUT2D eigenvalue weighted by Gasteiger charge is -2.28. The van der Waals surface area contributed by atoms with E-state index in [2.05, 4.69) is 10.2 Å². The molecule has 10 nitrogen and oxygen atoms in total. The molecule has 1 aliphatic heterocycles. The highest BCUT2D eigenvalue weighted by Gasteiger charge is 2.33. The summed E-state index contributed by atoms with van der Waals surface area (Å²) in [7, 11) is 1.55. The van der Waals surface area contributed by atoms with E-state index in [9.17, 15) is 14.4 Å². The molecule has 0 saturated carbocycles. The molecule has 12 heteroatoms. The molecule has 0 unspecified atom stereocenters. The summed E-state index contributed by atoms with van der Waals surface area (Å²) < 4.78 is 14.2. The lowest BCUT2D eigenvalue weighted by atomic mass is 10.1. The van der Waals surface area contributed by atoms with Crippen LogP contribution in [0.15, 0.2) is 82.0 Å². The predicted octanol–water partition coefficient (Wildman–Crippen LogP) is 4.89. The number of fused-ring (bicyclic) bond motifs is 1. The Labute approximate surface area is 243 Å². The Morgan fingerprint density at radius 1 is 0.902 bits per heavy atom. The molecular weight excluding hydrogens is 569 g/mol. The molecule has 3 aromatic carbocycles. The van der Waals surface area contributed by atoms with Gasteiger partial charge in [-0.2, -0.15) is 0 Å². The Morgan fingerprint density at radius 2 is 1.66 bits per heavy atom. The second-order valence-electron chi connectivity index (χ2n) is 9.23. The van der Waals surface area contributed by atoms with Crippen molar-refractivity contribution in [3.8, 4) is 23.0 Å². The first-order valence-electron chi connectivity index (χ1n) is 12.5. The van der Waals surface area contributed by atoms with Gasteiger partial charge in [-0.25, -0.2) is 4.79 Å². The highest BCUT2D eigenvalue weighted by atomic mass is 35.5. The molecule has 0 aliphatic carbocycles. The fourth-order valence-corrected chi connectivity index (χ4v) is 5.06. The predicted molar refractivity (Wildman–Crippen MR) is 151 cm³/mol. The van der Waals surface area contributed by atoms with Crippen LogP contribution in [-0.4, -0.2) is 49.6 Å². The largest absolute Gasteiger partial charge is 0.497 e. The van der Waals surface area contributed by atoms with Gasteiger partial charge in [0.2, 0.25) is 5.78 Å². The fraction of sp³-hybridized carbons (Fsp3) is 0.138. The summed E-state index contributed by atoms with van der Waals surface area (Å²) in [5.41, 5.74) is 1.67. The normalized spacial score (nSPS) is 12.7. The zero-order valence-corrected chi connectivity index (χ0v) is 23.1. The number of carbonyl (C=O) groups is 2. The third-order valence-corrected chi connectivity index (χ3v) is 7.56. The van der Waals surface area contributed by atoms with Crippen molar-refractivity contribution in [1.82, 2.24) is 24.2 Å². The lowest BCUT2D eigenvalue weighted by molar-refractivity contribution is 0.0710. The Morgan fingerprint density at radius 3 is 2.37 bits per heavy atom. The summed E-state index contributed by atoms with van der Waals surface area (Å²) in [6.07, 6.45) is 0. The topological polar surface area (TPSA) is 112 Å². The minimum absolute atomic E-state index is 0.0326. The summed E-state index contributed by atoms with van der Waals surface area (Å²) >= 11 is 12.2. The Kier molecular flexibility index (Phi) is 6.94. The van der Waals surface area contributed by atoms with Crippen molar-refractivity contribution in [3.63, 3.8) is 0 Å². The van der Waals surface area contributed by atoms with Crippen molar-refractivity contribution >= 4 is 34.9 Å². The molecule has 206 valence electrons. The summed E-state index contributed by atoms with van der Waals surface area (Å²) in [5, 5.41) is 8.75. The van der Waals surface area contributed by atoms with E-state index in [0.29, 0.717) is 33.3 Å². The van der Waals surface area contributed by atoms with Gasteiger partial charge < -0.3 is 14.1 Å². The third kappa shape index (κ3) is 4.81. The van der Waals surface area contributed by atoms with Crippen molar-refractivity contribution in [3.05, 3.63) is 116 Å². The van der Waals surface area contributed by atoms with Crippen molar-refractivity contribution in [1.29, 1.82) is 0 Å². The molecule has 1 amide bonds. The first-order valence-corrected chi connectivity index (χ1v) is 13.3. The molecule has 0 atom stereocenters. The first-order chi connectivity index (χ1) is 19.9. The molecule has 0 bridgehead atoms. The summed E-state index contributed by atoms with van der Waals surface area (Å²) in [6.45, 7) is 0.568. The number of carbonyl (C=O) groups excluding carboxylic acids is 2. The average molecular weight is 590 g/mol. The van der Waals surface area contributed by atoms with E-state index in [-0.39, 0.29) is 53.7 Å². The summed E-state index contributed by atoms with van der Waals surface area (Å²) in [5.74, 6) is -0.378. The number of halogens is 2. The number of nitrogens with zero attached hydrogens (tertiary/aromatic N) is 5. The van der Waals surface area contributed by atoms with Crippen molar-refractivity contribution in [2.24, 2.45) is 0 Å². The minimum Gasteiger partial charge on any atom is -0.497 e. The lowest BCUT2D eigenvalue weighted by Crippen LogP contribution is -2.40. The number of imidazole rings is 1. The Balaban J connectivity index is 1.45. The molecule has 0 saturated heterocycles. The van der Waals surface area contributed by atoms with E-state index in [4.69, 9.17) is 32.4 Å². The first kappa shape index (κ1) is 26.5. The fourth-order valence-electron chi connectivity index (χ4n) is 4.76. The van der Waals surface area contributed by atoms with E-state index in [0.717, 1.165) is 0 Å². The van der Waals surface area contributed by atoms with Crippen molar-refractivity contribution in [2.45, 2.75) is 13.1 Å². The van der Waals surface area contributed by atoms with Crippen LogP contribution < -0.4 is 10.4 Å². The number of benzene rings is 3. The van der Waals surface area contributed by atoms with Gasteiger partial charge in [0, 0.05) is 24.2 Å². The number of aromatic nitrogens is 4. The second kappa shape index (κ2) is 10.7. The molecule has 2 aromatic heterocycles. The molecule has 0 spiro atoms. The average Bonchev–Trinajstić information content (AvgIpc) is 3.60. The van der Waals surface area contributed by atoms with E-state index in [1.165, 1.54) is 10.6 Å². The van der Waals surface area contributed by atoms with Gasteiger partial charge >= 0.3 is 5.69 Å². The molecule has 5 aromatic rings. The monoisotopic (exact) mass is 589 g/mol. The van der Waals surface area contributed by atoms with E-state index in [1.54, 1.807) is 83.3 Å². The number of hydrogen-bond acceptors (Lipinski definition) is 7. The van der Waals surface area contributed by atoms with Crippen LogP contribution in [-0.2, 0) is 13.1 Å². The zero-order chi connectivity index (χ0) is 28.7. The van der Waals surface area contributed by atoms with Gasteiger partial charge in [-0.05, 0) is 42.5 Å². The highest BCUT2D eigenvalue weighted by Crippen LogP contribution is 2.30. The standard InChI is InChI=1S/C29H21Cl2N5O5/c1-40-20-10-8-19(9-11-20)36-24(26-32-33-27(41-26)25(37)17-5-3-2-4-6-17)23-16-34(13-14-35(23)29(36)39)28(38)18-7-12-21(30)22(31)15-18/h2-12,15H,13-14,16H2,1H3. The maximum absolute atomic E-state index is 13.8. The zero-order valence-electron chi connectivity index (χ0n) is 21.6. The highest BCUT2D eigenvalue weighted by molar-refractivity contribution is 6.42. The van der Waals surface area contributed by atoms with Crippen LogP contribution in [0.3, 0.4) is 0 Å². The van der Waals surface area contributed by atoms with Crippen LogP contribution in [0.5, 0.6) is 5.75 Å². The maximum Gasteiger partial charge on any atom is 0.333 e. The minimum atomic E-state index is -0.452. The van der Waals surface area contributed by atoms with E-state index in [1.807, 2.05) is 0 Å². The maximum atomic E-state index is 13.8. The van der Waals surface area contributed by atoms with Crippen LogP contribution in [0.2, 0.25) is 10.0 Å². The molecular formula is C29H21Cl2N5O5. The quantitative estimate of drug-likeness (QED) is 0.259. The molecule has 0 N–H and O–H groups in total. The van der Waals surface area contributed by atoms with Crippen molar-refractivity contribution < 1.29 is 18.7 Å². The van der Waals surface area contributed by atoms with Gasteiger partial charge in [0.1, 0.15) is 11.4 Å². The Bertz CT molecular complexity index is 1840. The van der Waals surface area contributed by atoms with Gasteiger partial charge in [0.15, 0.2) is 0 Å². The number of hydrogen-bond donors (Lipinski definition) is 0. The van der Waals surface area contributed by atoms with Crippen LogP contribution in [0.4, 0.5) is 0 Å². The summed E-state index contributed by atoms with van der Waals surface area (Å²) in [6, 6.07) is 20.1. The van der Waals surface area contributed by atoms with Gasteiger partial charge in [-0.15, -0.1) is 10.2 Å². The van der Waals surface area contributed by atoms with Gasteiger partial charge in [0.05, 0.1) is 35.1 Å². The number of rotatable bonds is 6. The number of amides is 1. The van der Waals surface area contributed by atoms with Crippen LogP contribution in [0.25, 0.3) is 17.3 Å². The second-order valence-corrected chi connectivity index (χ2v) is 10.0. The van der Waals surface area contributed by atoms with E-state index >= 15 is 0 Å². The molecule has 0 fully saturated rings. The third-order valence-electron chi connectivity index (χ3n) is 6.82. The van der Waals surface area contributed by atoms with Gasteiger partial charge in [-0.3, -0.25) is 18.7 Å². The van der Waals surface area contributed by atoms with Gasteiger partial charge in [0.25, 0.3) is 17.7 Å². The summed E-state index contributed by atoms with van der Waals surface area (Å²) in [4.78, 5) is 41.8. The molecule has 6 rings (SSSR count). The van der Waals surface area contributed by atoms with Crippen molar-refractivity contribution in [2.75, 3.05) is 13.7 Å². The van der Waals surface area contributed by atoms with Crippen LogP contribution in [0.1, 0.15) is 32.3 Å². The van der Waals surface area contributed by atoms with Crippen LogP contribution in [0, 0.1) is 0 Å². The molecule has 1 aliphatic rings. The number of ether oxygens (including phenoxy) is 1. The smallest absolute Gasteiger partial charge is 0.333 e. The molecule has 3 heterocycles. The SMILES string of the molecule is COc1ccc(-n2c(-c3nnc(C(=O)c4ccccc4)o3)c3n(c2=O)CCN(C(=O)c2ccc(Cl)c(Cl)c2)C3)cc1. The molecule has 0 radical (unpaired) electrons. The van der Waals surface area contributed by atoms with Gasteiger partial charge in [-0.1, -0.05) is 53.5 Å². The number of methoxy groups -OCH3 is 1. The number of ketones is 1.